The fourth-order valence-electron chi connectivity index (χ4n) is 2.32. The van der Waals surface area contributed by atoms with E-state index in [4.69, 9.17) is 23.2 Å². The second-order valence-corrected chi connectivity index (χ2v) is 7.85. The number of benzene rings is 1. The molecule has 1 aromatic carbocycles. The van der Waals surface area contributed by atoms with Crippen LogP contribution in [0.3, 0.4) is 0 Å². The van der Waals surface area contributed by atoms with E-state index >= 15 is 0 Å². The summed E-state index contributed by atoms with van der Waals surface area (Å²) in [7, 11) is 0. The van der Waals surface area contributed by atoms with E-state index in [0.29, 0.717) is 21.4 Å². The summed E-state index contributed by atoms with van der Waals surface area (Å²) in [5.74, 6) is -0.395. The van der Waals surface area contributed by atoms with Gasteiger partial charge in [-0.3, -0.25) is 9.59 Å². The molecule has 8 heteroatoms. The summed E-state index contributed by atoms with van der Waals surface area (Å²) in [6.45, 7) is 3.26. The molecule has 0 fully saturated rings. The zero-order valence-corrected chi connectivity index (χ0v) is 16.3. The Hall–Kier alpha value is -2.15. The first-order chi connectivity index (χ1) is 12.3. The number of halogens is 2. The van der Waals surface area contributed by atoms with Crippen molar-refractivity contribution in [3.8, 4) is 10.6 Å². The minimum Gasteiger partial charge on any atom is -0.324 e. The van der Waals surface area contributed by atoms with Gasteiger partial charge in [0.2, 0.25) is 0 Å². The van der Waals surface area contributed by atoms with Crippen LogP contribution in [-0.2, 0) is 10.3 Å². The van der Waals surface area contributed by atoms with Crippen molar-refractivity contribution < 1.29 is 4.79 Å². The van der Waals surface area contributed by atoms with E-state index < -0.39 is 11.4 Å². The average molecular weight is 408 g/mol. The van der Waals surface area contributed by atoms with Gasteiger partial charge in [0.1, 0.15) is 11.2 Å². The third-order valence-corrected chi connectivity index (χ3v) is 5.47. The van der Waals surface area contributed by atoms with Crippen LogP contribution in [0, 0.1) is 0 Å². The van der Waals surface area contributed by atoms with Gasteiger partial charge in [-0.2, -0.15) is 5.10 Å². The maximum absolute atomic E-state index is 12.8. The third kappa shape index (κ3) is 3.67. The monoisotopic (exact) mass is 407 g/mol. The maximum Gasteiger partial charge on any atom is 0.267 e. The highest BCUT2D eigenvalue weighted by Gasteiger charge is 2.32. The van der Waals surface area contributed by atoms with E-state index in [1.807, 2.05) is 17.5 Å². The number of aromatic nitrogens is 2. The SMILES string of the molecule is CC(C)(C(=O)Nc1ccc(Cl)c(Cl)c1)n1nc(-c2cccs2)ccc1=O. The summed E-state index contributed by atoms with van der Waals surface area (Å²) in [5, 5.41) is 9.79. The normalized spacial score (nSPS) is 11.4. The van der Waals surface area contributed by atoms with Crippen molar-refractivity contribution in [1.82, 2.24) is 9.78 Å². The molecule has 2 heterocycles. The molecule has 0 atom stereocenters. The highest BCUT2D eigenvalue weighted by atomic mass is 35.5. The number of rotatable bonds is 4. The van der Waals surface area contributed by atoms with Crippen LogP contribution in [0.15, 0.2) is 52.6 Å². The predicted octanol–water partition coefficient (Wildman–Crippen LogP) is 4.65. The van der Waals surface area contributed by atoms with Gasteiger partial charge in [-0.15, -0.1) is 11.3 Å². The van der Waals surface area contributed by atoms with E-state index in [1.165, 1.54) is 22.1 Å². The average Bonchev–Trinajstić information content (AvgIpc) is 3.13. The first-order valence-corrected chi connectivity index (χ1v) is 9.34. The molecule has 3 aromatic rings. The van der Waals surface area contributed by atoms with Gasteiger partial charge in [0, 0.05) is 11.8 Å². The fraction of sp³-hybridized carbons (Fsp3) is 0.167. The van der Waals surface area contributed by atoms with E-state index in [-0.39, 0.29) is 5.56 Å². The molecule has 0 bridgehead atoms. The Labute approximate surface area is 164 Å². The minimum absolute atomic E-state index is 0.331. The summed E-state index contributed by atoms with van der Waals surface area (Å²) in [6.07, 6.45) is 0. The standard InChI is InChI=1S/C18H15Cl2N3O2S/c1-18(2,17(25)21-11-5-6-12(19)13(20)10-11)23-16(24)8-7-14(22-23)15-4-3-9-26-15/h3-10H,1-2H3,(H,21,25). The number of nitrogens with zero attached hydrogens (tertiary/aromatic N) is 2. The molecule has 0 radical (unpaired) electrons. The summed E-state index contributed by atoms with van der Waals surface area (Å²) in [4.78, 5) is 26.0. The first-order valence-electron chi connectivity index (χ1n) is 7.70. The van der Waals surface area contributed by atoms with Crippen molar-refractivity contribution >= 4 is 46.1 Å². The smallest absolute Gasteiger partial charge is 0.267 e. The summed E-state index contributed by atoms with van der Waals surface area (Å²) in [5.41, 5.74) is -0.453. The van der Waals surface area contributed by atoms with E-state index in [1.54, 1.807) is 38.1 Å². The molecule has 5 nitrogen and oxygen atoms in total. The van der Waals surface area contributed by atoms with E-state index in [2.05, 4.69) is 10.4 Å². The Morgan fingerprint density at radius 3 is 2.58 bits per heavy atom. The van der Waals surface area contributed by atoms with Crippen molar-refractivity contribution in [2.45, 2.75) is 19.4 Å². The highest BCUT2D eigenvalue weighted by Crippen LogP contribution is 2.26. The van der Waals surface area contributed by atoms with Gasteiger partial charge < -0.3 is 5.32 Å². The maximum atomic E-state index is 12.8. The van der Waals surface area contributed by atoms with Crippen molar-refractivity contribution in [3.05, 3.63) is 68.2 Å². The molecule has 26 heavy (non-hydrogen) atoms. The van der Waals surface area contributed by atoms with Crippen LogP contribution in [-0.4, -0.2) is 15.7 Å². The van der Waals surface area contributed by atoms with Gasteiger partial charge in [0.25, 0.3) is 11.5 Å². The zero-order valence-electron chi connectivity index (χ0n) is 14.0. The first kappa shape index (κ1) is 18.6. The topological polar surface area (TPSA) is 64.0 Å². The quantitative estimate of drug-likeness (QED) is 0.684. The molecule has 0 aliphatic heterocycles. The molecule has 0 aliphatic rings. The second-order valence-electron chi connectivity index (χ2n) is 6.09. The molecular weight excluding hydrogens is 393 g/mol. The van der Waals surface area contributed by atoms with E-state index in [9.17, 15) is 9.59 Å². The summed E-state index contributed by atoms with van der Waals surface area (Å²) < 4.78 is 1.19. The summed E-state index contributed by atoms with van der Waals surface area (Å²) >= 11 is 13.4. The highest BCUT2D eigenvalue weighted by molar-refractivity contribution is 7.13. The number of carbonyl (C=O) groups is 1. The van der Waals surface area contributed by atoms with Gasteiger partial charge >= 0.3 is 0 Å². The molecule has 0 saturated heterocycles. The van der Waals surface area contributed by atoms with Crippen molar-refractivity contribution in [3.63, 3.8) is 0 Å². The van der Waals surface area contributed by atoms with Crippen LogP contribution in [0.1, 0.15) is 13.8 Å². The molecule has 1 N–H and O–H groups in total. The lowest BCUT2D eigenvalue weighted by Crippen LogP contribution is -2.47. The number of carbonyl (C=O) groups excluding carboxylic acids is 1. The van der Waals surface area contributed by atoms with Crippen LogP contribution < -0.4 is 10.9 Å². The molecule has 0 unspecified atom stereocenters. The van der Waals surface area contributed by atoms with Gasteiger partial charge in [0.05, 0.1) is 14.9 Å². The van der Waals surface area contributed by atoms with Crippen LogP contribution >= 0.6 is 34.5 Å². The van der Waals surface area contributed by atoms with Gasteiger partial charge in [-0.25, -0.2) is 4.68 Å². The zero-order chi connectivity index (χ0) is 18.9. The number of anilines is 1. The Bertz CT molecular complexity index is 1010. The van der Waals surface area contributed by atoms with E-state index in [0.717, 1.165) is 4.88 Å². The Morgan fingerprint density at radius 2 is 1.92 bits per heavy atom. The fourth-order valence-corrected chi connectivity index (χ4v) is 3.31. The van der Waals surface area contributed by atoms with Crippen LogP contribution in [0.4, 0.5) is 5.69 Å². The largest absolute Gasteiger partial charge is 0.324 e. The van der Waals surface area contributed by atoms with Crippen LogP contribution in [0.25, 0.3) is 10.6 Å². The number of amides is 1. The molecule has 3 rings (SSSR count). The lowest BCUT2D eigenvalue weighted by atomic mass is 10.0. The van der Waals surface area contributed by atoms with Gasteiger partial charge in [-0.1, -0.05) is 29.3 Å². The number of nitrogens with one attached hydrogen (secondary N) is 1. The van der Waals surface area contributed by atoms with Crippen molar-refractivity contribution in [2.75, 3.05) is 5.32 Å². The molecular formula is C18H15Cl2N3O2S. The number of hydrogen-bond donors (Lipinski definition) is 1. The van der Waals surface area contributed by atoms with Crippen molar-refractivity contribution in [2.24, 2.45) is 0 Å². The molecule has 0 spiro atoms. The molecule has 2 aromatic heterocycles. The van der Waals surface area contributed by atoms with Crippen LogP contribution in [0.5, 0.6) is 0 Å². The lowest BCUT2D eigenvalue weighted by Gasteiger charge is -2.25. The minimum atomic E-state index is -1.21. The van der Waals surface area contributed by atoms with Crippen LogP contribution in [0.2, 0.25) is 10.0 Å². The molecule has 1 amide bonds. The molecule has 0 aliphatic carbocycles. The number of thiophene rings is 1. The second kappa shape index (κ2) is 7.23. The lowest BCUT2D eigenvalue weighted by molar-refractivity contribution is -0.123. The summed E-state index contributed by atoms with van der Waals surface area (Å²) in [6, 6.07) is 11.7. The Morgan fingerprint density at radius 1 is 1.15 bits per heavy atom. The number of hydrogen-bond acceptors (Lipinski definition) is 4. The predicted molar refractivity (Wildman–Crippen MR) is 106 cm³/mol. The molecule has 0 saturated carbocycles. The van der Waals surface area contributed by atoms with Gasteiger partial charge in [0.15, 0.2) is 0 Å². The Kier molecular flexibility index (Phi) is 5.18. The Balaban J connectivity index is 1.93. The molecule has 134 valence electrons. The third-order valence-electron chi connectivity index (χ3n) is 3.84. The van der Waals surface area contributed by atoms with Crippen molar-refractivity contribution in [1.29, 1.82) is 0 Å². The van der Waals surface area contributed by atoms with Gasteiger partial charge in [-0.05, 0) is 49.6 Å².